The number of rotatable bonds is 3. The summed E-state index contributed by atoms with van der Waals surface area (Å²) in [5.74, 6) is 0.642. The number of aryl methyl sites for hydroxylation is 1. The summed E-state index contributed by atoms with van der Waals surface area (Å²) in [6, 6.07) is 17.0. The maximum Gasteiger partial charge on any atom is 0.135 e. The zero-order valence-electron chi connectivity index (χ0n) is 14.3. The lowest BCUT2D eigenvalue weighted by molar-refractivity contribution is 0.647. The van der Waals surface area contributed by atoms with E-state index in [1.54, 1.807) is 0 Å². The van der Waals surface area contributed by atoms with Crippen LogP contribution in [0.3, 0.4) is 0 Å². The molecule has 2 aromatic carbocycles. The summed E-state index contributed by atoms with van der Waals surface area (Å²) in [6.07, 6.45) is 2.99. The quantitative estimate of drug-likeness (QED) is 0.453. The van der Waals surface area contributed by atoms with Crippen molar-refractivity contribution in [1.82, 2.24) is 4.98 Å². The van der Waals surface area contributed by atoms with E-state index >= 15 is 0 Å². The maximum atomic E-state index is 5.95. The van der Waals surface area contributed by atoms with Crippen LogP contribution in [0.1, 0.15) is 25.0 Å². The fourth-order valence-corrected chi connectivity index (χ4v) is 3.28. The fraction of sp³-hybridized carbons (Fsp3) is 0.227. The monoisotopic (exact) mass is 315 g/mol. The largest absolute Gasteiger partial charge is 0.456 e. The fourth-order valence-electron chi connectivity index (χ4n) is 3.28. The molecule has 0 radical (unpaired) electrons. The molecule has 24 heavy (non-hydrogen) atoms. The van der Waals surface area contributed by atoms with E-state index in [0.29, 0.717) is 5.92 Å². The van der Waals surface area contributed by atoms with Gasteiger partial charge in [-0.05, 0) is 67.3 Å². The lowest BCUT2D eigenvalue weighted by Crippen LogP contribution is -1.95. The molecule has 0 aliphatic heterocycles. The highest BCUT2D eigenvalue weighted by atomic mass is 16.3. The van der Waals surface area contributed by atoms with Crippen molar-refractivity contribution in [3.63, 3.8) is 0 Å². The predicted octanol–water partition coefficient (Wildman–Crippen LogP) is 6.15. The van der Waals surface area contributed by atoms with Crippen molar-refractivity contribution in [2.75, 3.05) is 0 Å². The van der Waals surface area contributed by atoms with E-state index in [2.05, 4.69) is 68.2 Å². The van der Waals surface area contributed by atoms with Gasteiger partial charge in [0.15, 0.2) is 0 Å². The average molecular weight is 315 g/mol. The lowest BCUT2D eigenvalue weighted by Gasteiger charge is -2.07. The highest BCUT2D eigenvalue weighted by Crippen LogP contribution is 2.32. The van der Waals surface area contributed by atoms with Gasteiger partial charge in [-0.15, -0.1) is 0 Å². The number of benzene rings is 2. The molecule has 2 nitrogen and oxygen atoms in total. The molecule has 2 aromatic heterocycles. The van der Waals surface area contributed by atoms with E-state index in [1.807, 2.05) is 12.3 Å². The van der Waals surface area contributed by atoms with Gasteiger partial charge in [-0.2, -0.15) is 0 Å². The molecule has 0 fully saturated rings. The summed E-state index contributed by atoms with van der Waals surface area (Å²) >= 11 is 0. The molecule has 0 saturated heterocycles. The van der Waals surface area contributed by atoms with Crippen LogP contribution >= 0.6 is 0 Å². The van der Waals surface area contributed by atoms with Gasteiger partial charge in [0.25, 0.3) is 0 Å². The van der Waals surface area contributed by atoms with E-state index in [9.17, 15) is 0 Å². The summed E-state index contributed by atoms with van der Waals surface area (Å²) in [4.78, 5) is 4.58. The van der Waals surface area contributed by atoms with Gasteiger partial charge in [-0.3, -0.25) is 4.98 Å². The topological polar surface area (TPSA) is 26.0 Å². The zero-order chi connectivity index (χ0) is 16.7. The molecule has 0 aliphatic carbocycles. The highest BCUT2D eigenvalue weighted by Gasteiger charge is 2.10. The Labute approximate surface area is 142 Å². The molecule has 0 amide bonds. The molecule has 120 valence electrons. The van der Waals surface area contributed by atoms with Gasteiger partial charge < -0.3 is 4.42 Å². The normalized spacial score (nSPS) is 11.7. The van der Waals surface area contributed by atoms with Crippen molar-refractivity contribution in [2.24, 2.45) is 5.92 Å². The number of hydrogen-bond donors (Lipinski definition) is 0. The van der Waals surface area contributed by atoms with Crippen molar-refractivity contribution in [3.8, 4) is 11.3 Å². The van der Waals surface area contributed by atoms with Crippen LogP contribution in [0.5, 0.6) is 0 Å². The molecular formula is C22H21NO. The zero-order valence-corrected chi connectivity index (χ0v) is 14.3. The van der Waals surface area contributed by atoms with Crippen molar-refractivity contribution in [3.05, 3.63) is 65.9 Å². The Morgan fingerprint density at radius 3 is 2.46 bits per heavy atom. The van der Waals surface area contributed by atoms with Gasteiger partial charge in [-0.25, -0.2) is 0 Å². The van der Waals surface area contributed by atoms with Gasteiger partial charge in [0.1, 0.15) is 11.2 Å². The van der Waals surface area contributed by atoms with Gasteiger partial charge in [0.05, 0.1) is 5.69 Å². The van der Waals surface area contributed by atoms with Crippen LogP contribution in [0.15, 0.2) is 59.1 Å². The second-order valence-corrected chi connectivity index (χ2v) is 6.96. The molecule has 0 N–H and O–H groups in total. The third-order valence-electron chi connectivity index (χ3n) is 4.39. The number of furan rings is 1. The lowest BCUT2D eigenvalue weighted by atomic mass is 10.0. The Morgan fingerprint density at radius 2 is 1.67 bits per heavy atom. The molecule has 4 aromatic rings. The summed E-state index contributed by atoms with van der Waals surface area (Å²) in [5.41, 5.74) is 6.61. The van der Waals surface area contributed by atoms with Crippen LogP contribution in [-0.2, 0) is 6.42 Å². The third-order valence-corrected chi connectivity index (χ3v) is 4.39. The summed E-state index contributed by atoms with van der Waals surface area (Å²) in [6.45, 7) is 6.59. The molecule has 0 spiro atoms. The van der Waals surface area contributed by atoms with Crippen LogP contribution in [-0.4, -0.2) is 4.98 Å². The molecule has 0 saturated carbocycles. The molecule has 0 atom stereocenters. The molecule has 2 heteroatoms. The smallest absolute Gasteiger partial charge is 0.135 e. The number of aromatic nitrogens is 1. The molecule has 0 aliphatic rings. The number of pyridine rings is 1. The Kier molecular flexibility index (Phi) is 3.61. The minimum Gasteiger partial charge on any atom is -0.456 e. The standard InChI is InChI=1S/C22H21NO/c1-14(2)10-16-8-9-23-20(12-16)17-5-7-22-19(13-17)18-11-15(3)4-6-21(18)24-22/h4-9,11-14H,10H2,1-3H3. The minimum atomic E-state index is 0.642. The van der Waals surface area contributed by atoms with Crippen LogP contribution < -0.4 is 0 Å². The first-order valence-electron chi connectivity index (χ1n) is 8.48. The SMILES string of the molecule is Cc1ccc2oc3ccc(-c4cc(CC(C)C)ccn4)cc3c2c1. The Hall–Kier alpha value is -2.61. The first-order valence-corrected chi connectivity index (χ1v) is 8.48. The van der Waals surface area contributed by atoms with Gasteiger partial charge >= 0.3 is 0 Å². The van der Waals surface area contributed by atoms with Gasteiger partial charge in [0.2, 0.25) is 0 Å². The van der Waals surface area contributed by atoms with Gasteiger partial charge in [-0.1, -0.05) is 25.5 Å². The van der Waals surface area contributed by atoms with E-state index in [4.69, 9.17) is 4.42 Å². The van der Waals surface area contributed by atoms with E-state index < -0.39 is 0 Å². The summed E-state index contributed by atoms with van der Waals surface area (Å²) < 4.78 is 5.95. The number of fused-ring (bicyclic) bond motifs is 3. The first kappa shape index (κ1) is 14.9. The second-order valence-electron chi connectivity index (χ2n) is 6.96. The average Bonchev–Trinajstić information content (AvgIpc) is 2.91. The minimum absolute atomic E-state index is 0.642. The van der Waals surface area contributed by atoms with Crippen molar-refractivity contribution < 1.29 is 4.42 Å². The maximum absolute atomic E-state index is 5.95. The van der Waals surface area contributed by atoms with Crippen LogP contribution in [0, 0.1) is 12.8 Å². The molecule has 0 unspecified atom stereocenters. The second kappa shape index (κ2) is 5.79. The van der Waals surface area contributed by atoms with Gasteiger partial charge in [0, 0.05) is 22.5 Å². The van der Waals surface area contributed by atoms with Crippen LogP contribution in [0.25, 0.3) is 33.2 Å². The Bertz CT molecular complexity index is 1030. The van der Waals surface area contributed by atoms with E-state index in [-0.39, 0.29) is 0 Å². The van der Waals surface area contributed by atoms with Crippen molar-refractivity contribution in [1.29, 1.82) is 0 Å². The Morgan fingerprint density at radius 1 is 0.917 bits per heavy atom. The van der Waals surface area contributed by atoms with E-state index in [0.717, 1.165) is 34.2 Å². The molecule has 0 bridgehead atoms. The molecular weight excluding hydrogens is 294 g/mol. The third kappa shape index (κ3) is 2.69. The molecule has 4 rings (SSSR count). The van der Waals surface area contributed by atoms with Crippen LogP contribution in [0.4, 0.5) is 0 Å². The molecule has 2 heterocycles. The van der Waals surface area contributed by atoms with Crippen molar-refractivity contribution in [2.45, 2.75) is 27.2 Å². The highest BCUT2D eigenvalue weighted by molar-refractivity contribution is 6.06. The Balaban J connectivity index is 1.85. The number of hydrogen-bond acceptors (Lipinski definition) is 2. The summed E-state index contributed by atoms with van der Waals surface area (Å²) in [5, 5.41) is 2.33. The first-order chi connectivity index (χ1) is 11.6. The number of nitrogens with zero attached hydrogens (tertiary/aromatic N) is 1. The van der Waals surface area contributed by atoms with Crippen LogP contribution in [0.2, 0.25) is 0 Å². The van der Waals surface area contributed by atoms with Crippen molar-refractivity contribution >= 4 is 21.9 Å². The van der Waals surface area contributed by atoms with E-state index in [1.165, 1.54) is 16.5 Å². The predicted molar refractivity (Wildman–Crippen MR) is 100 cm³/mol. The summed E-state index contributed by atoms with van der Waals surface area (Å²) in [7, 11) is 0.